The Kier molecular flexibility index (Phi) is 2.04. The van der Waals surface area contributed by atoms with Crippen molar-refractivity contribution < 1.29 is 0 Å². The molecular weight excluding hydrogens is 176 g/mol. The average Bonchev–Trinajstić information content (AvgIpc) is 2.12. The van der Waals surface area contributed by atoms with Crippen molar-refractivity contribution in [3.63, 3.8) is 0 Å². The Morgan fingerprint density at radius 3 is 2.38 bits per heavy atom. The fourth-order valence-corrected chi connectivity index (χ4v) is 1.88. The molecule has 0 saturated heterocycles. The first-order chi connectivity index (χ1) is 6.20. The molecule has 66 valence electrons. The van der Waals surface area contributed by atoms with Crippen LogP contribution in [0.5, 0.6) is 0 Å². The summed E-state index contributed by atoms with van der Waals surface area (Å²) in [6.07, 6.45) is 0. The van der Waals surface area contributed by atoms with Crippen LogP contribution in [0.4, 0.5) is 0 Å². The molecule has 0 aliphatic rings. The molecule has 0 N–H and O–H groups in total. The van der Waals surface area contributed by atoms with E-state index in [2.05, 4.69) is 56.8 Å². The summed E-state index contributed by atoms with van der Waals surface area (Å²) in [5, 5.41) is 2.56. The van der Waals surface area contributed by atoms with Gasteiger partial charge in [-0.05, 0) is 35.7 Å². The predicted octanol–water partition coefficient (Wildman–Crippen LogP) is 3.75. The third kappa shape index (κ3) is 1.33. The van der Waals surface area contributed by atoms with Crippen molar-refractivity contribution in [2.75, 3.05) is 0 Å². The minimum Gasteiger partial charge on any atom is -0.143 e. The molecule has 2 aromatic carbocycles. The summed E-state index contributed by atoms with van der Waals surface area (Å²) in [7, 11) is 0. The molecule has 0 atom stereocenters. The Balaban J connectivity index is 2.94. The smallest absolute Gasteiger partial charge is 0.0148 e. The van der Waals surface area contributed by atoms with E-state index >= 15 is 0 Å². The standard InChI is InChI=1S/C12H12S/c1-8-4-3-5-11-10(8)7-6-9(2)12(11)13/h3-7,13H,1-2H3. The normalized spacial score (nSPS) is 10.7. The number of hydrogen-bond acceptors (Lipinski definition) is 1. The van der Waals surface area contributed by atoms with Crippen molar-refractivity contribution in [3.05, 3.63) is 41.5 Å². The molecule has 0 unspecified atom stereocenters. The van der Waals surface area contributed by atoms with Crippen molar-refractivity contribution in [3.8, 4) is 0 Å². The lowest BCUT2D eigenvalue weighted by molar-refractivity contribution is 1.35. The maximum atomic E-state index is 4.51. The van der Waals surface area contributed by atoms with Crippen LogP contribution in [-0.4, -0.2) is 0 Å². The Bertz CT molecular complexity index is 458. The van der Waals surface area contributed by atoms with E-state index in [0.717, 1.165) is 4.90 Å². The maximum absolute atomic E-state index is 4.51. The molecule has 1 heteroatoms. The van der Waals surface area contributed by atoms with E-state index in [1.807, 2.05) is 0 Å². The molecule has 0 nitrogen and oxygen atoms in total. The lowest BCUT2D eigenvalue weighted by Gasteiger charge is -2.06. The first-order valence-corrected chi connectivity index (χ1v) is 4.83. The molecule has 0 aliphatic carbocycles. The van der Waals surface area contributed by atoms with E-state index in [-0.39, 0.29) is 0 Å². The number of hydrogen-bond donors (Lipinski definition) is 1. The Morgan fingerprint density at radius 2 is 1.62 bits per heavy atom. The Hall–Kier alpha value is -0.950. The maximum Gasteiger partial charge on any atom is 0.0148 e. The second-order valence-electron chi connectivity index (χ2n) is 3.40. The molecule has 0 amide bonds. The number of fused-ring (bicyclic) bond motifs is 1. The molecule has 0 fully saturated rings. The van der Waals surface area contributed by atoms with E-state index in [1.54, 1.807) is 0 Å². The van der Waals surface area contributed by atoms with Gasteiger partial charge in [-0.1, -0.05) is 30.3 Å². The topological polar surface area (TPSA) is 0 Å². The van der Waals surface area contributed by atoms with E-state index < -0.39 is 0 Å². The Morgan fingerprint density at radius 1 is 0.846 bits per heavy atom. The predicted molar refractivity (Wildman–Crippen MR) is 60.7 cm³/mol. The lowest BCUT2D eigenvalue weighted by Crippen LogP contribution is -1.82. The Labute approximate surface area is 84.0 Å². The van der Waals surface area contributed by atoms with E-state index in [9.17, 15) is 0 Å². The fraction of sp³-hybridized carbons (Fsp3) is 0.167. The molecule has 0 aliphatic heterocycles. The SMILES string of the molecule is Cc1ccc2c(C)cccc2c1S. The molecule has 0 aromatic heterocycles. The fourth-order valence-electron chi connectivity index (χ4n) is 1.61. The molecule has 0 saturated carbocycles. The third-order valence-corrected chi connectivity index (χ3v) is 3.05. The van der Waals surface area contributed by atoms with Gasteiger partial charge < -0.3 is 0 Å². The highest BCUT2D eigenvalue weighted by molar-refractivity contribution is 7.80. The summed E-state index contributed by atoms with van der Waals surface area (Å²) in [4.78, 5) is 1.10. The molecule has 0 bridgehead atoms. The van der Waals surface area contributed by atoms with E-state index in [1.165, 1.54) is 21.9 Å². The highest BCUT2D eigenvalue weighted by Gasteiger charge is 2.01. The van der Waals surface area contributed by atoms with Crippen LogP contribution in [0.2, 0.25) is 0 Å². The zero-order valence-corrected chi connectivity index (χ0v) is 8.73. The van der Waals surface area contributed by atoms with Gasteiger partial charge in [0.15, 0.2) is 0 Å². The zero-order chi connectivity index (χ0) is 9.42. The highest BCUT2D eigenvalue weighted by atomic mass is 32.1. The van der Waals surface area contributed by atoms with Gasteiger partial charge in [-0.3, -0.25) is 0 Å². The van der Waals surface area contributed by atoms with E-state index in [4.69, 9.17) is 0 Å². The minimum atomic E-state index is 1.10. The van der Waals surface area contributed by atoms with Gasteiger partial charge in [-0.15, -0.1) is 12.6 Å². The van der Waals surface area contributed by atoms with Crippen molar-refractivity contribution in [1.29, 1.82) is 0 Å². The van der Waals surface area contributed by atoms with Crippen LogP contribution in [0.15, 0.2) is 35.2 Å². The molecule has 2 aromatic rings. The average molecular weight is 188 g/mol. The van der Waals surface area contributed by atoms with Gasteiger partial charge in [-0.2, -0.15) is 0 Å². The van der Waals surface area contributed by atoms with Crippen LogP contribution in [0.25, 0.3) is 10.8 Å². The minimum absolute atomic E-state index is 1.10. The number of benzene rings is 2. The molecule has 0 spiro atoms. The summed E-state index contributed by atoms with van der Waals surface area (Å²) in [6.45, 7) is 4.22. The summed E-state index contributed by atoms with van der Waals surface area (Å²) in [5.74, 6) is 0. The van der Waals surface area contributed by atoms with Gasteiger partial charge in [0, 0.05) is 4.90 Å². The van der Waals surface area contributed by atoms with Gasteiger partial charge in [0.2, 0.25) is 0 Å². The van der Waals surface area contributed by atoms with E-state index in [0.29, 0.717) is 0 Å². The third-order valence-electron chi connectivity index (χ3n) is 2.45. The number of rotatable bonds is 0. The van der Waals surface area contributed by atoms with Gasteiger partial charge in [0.05, 0.1) is 0 Å². The molecule has 0 heterocycles. The second kappa shape index (κ2) is 3.08. The molecule has 13 heavy (non-hydrogen) atoms. The van der Waals surface area contributed by atoms with Crippen molar-refractivity contribution in [2.45, 2.75) is 18.7 Å². The molecule has 2 rings (SSSR count). The van der Waals surface area contributed by atoms with Crippen LogP contribution in [0.3, 0.4) is 0 Å². The molecule has 0 radical (unpaired) electrons. The second-order valence-corrected chi connectivity index (χ2v) is 3.85. The zero-order valence-electron chi connectivity index (χ0n) is 7.83. The number of aryl methyl sites for hydroxylation is 2. The quantitative estimate of drug-likeness (QED) is 0.598. The summed E-state index contributed by atoms with van der Waals surface area (Å²) >= 11 is 4.51. The first kappa shape index (κ1) is 8.64. The summed E-state index contributed by atoms with van der Waals surface area (Å²) < 4.78 is 0. The van der Waals surface area contributed by atoms with Crippen molar-refractivity contribution in [1.82, 2.24) is 0 Å². The number of thiol groups is 1. The first-order valence-electron chi connectivity index (χ1n) is 4.38. The van der Waals surface area contributed by atoms with Crippen LogP contribution in [-0.2, 0) is 0 Å². The van der Waals surface area contributed by atoms with Crippen molar-refractivity contribution >= 4 is 23.4 Å². The largest absolute Gasteiger partial charge is 0.143 e. The van der Waals surface area contributed by atoms with Gasteiger partial charge in [0.25, 0.3) is 0 Å². The monoisotopic (exact) mass is 188 g/mol. The van der Waals surface area contributed by atoms with Crippen LogP contribution in [0.1, 0.15) is 11.1 Å². The van der Waals surface area contributed by atoms with Crippen molar-refractivity contribution in [2.24, 2.45) is 0 Å². The van der Waals surface area contributed by atoms with Gasteiger partial charge in [0.1, 0.15) is 0 Å². The van der Waals surface area contributed by atoms with Gasteiger partial charge in [-0.25, -0.2) is 0 Å². The lowest BCUT2D eigenvalue weighted by atomic mass is 10.0. The van der Waals surface area contributed by atoms with Crippen LogP contribution >= 0.6 is 12.6 Å². The van der Waals surface area contributed by atoms with Gasteiger partial charge >= 0.3 is 0 Å². The molecular formula is C12H12S. The summed E-state index contributed by atoms with van der Waals surface area (Å²) in [6, 6.07) is 10.6. The highest BCUT2D eigenvalue weighted by Crippen LogP contribution is 2.27. The van der Waals surface area contributed by atoms with Crippen LogP contribution < -0.4 is 0 Å². The summed E-state index contributed by atoms with van der Waals surface area (Å²) in [5.41, 5.74) is 2.55. The van der Waals surface area contributed by atoms with Crippen LogP contribution in [0, 0.1) is 13.8 Å².